The predicted octanol–water partition coefficient (Wildman–Crippen LogP) is 1.61. The summed E-state index contributed by atoms with van der Waals surface area (Å²) in [5.74, 6) is -0.309. The first-order valence-electron chi connectivity index (χ1n) is 3.65. The minimum absolute atomic E-state index is 0.309. The molecular weight excluding hydrogens is 126 g/mol. The molecule has 10 heavy (non-hydrogen) atoms. The molecule has 0 radical (unpaired) electrons. The average molecular weight is 141 g/mol. The predicted molar refractivity (Wildman–Crippen MR) is 42.5 cm³/mol. The highest BCUT2D eigenvalue weighted by molar-refractivity contribution is 5.91. The minimum atomic E-state index is -0.309. The number of hydrogen-bond donors (Lipinski definition) is 1. The number of unbranched alkanes of at least 4 members (excludes halogenated alkanes) is 2. The van der Waals surface area contributed by atoms with Gasteiger partial charge in [-0.2, -0.15) is 0 Å². The fourth-order valence-corrected chi connectivity index (χ4v) is 0.623. The van der Waals surface area contributed by atoms with Gasteiger partial charge in [0.25, 0.3) is 0 Å². The second-order valence-electron chi connectivity index (χ2n) is 2.39. The molecule has 0 rings (SSSR count). The van der Waals surface area contributed by atoms with Crippen LogP contribution >= 0.6 is 0 Å². The third-order valence-corrected chi connectivity index (χ3v) is 1.40. The van der Waals surface area contributed by atoms with Crippen molar-refractivity contribution in [3.05, 3.63) is 11.6 Å². The van der Waals surface area contributed by atoms with Crippen molar-refractivity contribution in [3.63, 3.8) is 0 Å². The van der Waals surface area contributed by atoms with E-state index in [0.29, 0.717) is 5.57 Å². The minimum Gasteiger partial charge on any atom is -0.366 e. The lowest BCUT2D eigenvalue weighted by Crippen LogP contribution is -2.11. The van der Waals surface area contributed by atoms with E-state index < -0.39 is 0 Å². The summed E-state index contributed by atoms with van der Waals surface area (Å²) in [6.45, 7) is 3.87. The molecule has 0 aromatic rings. The van der Waals surface area contributed by atoms with E-state index in [-0.39, 0.29) is 5.91 Å². The number of nitrogens with two attached hydrogens (primary N) is 1. The molecule has 0 atom stereocenters. The van der Waals surface area contributed by atoms with Crippen molar-refractivity contribution >= 4 is 5.91 Å². The fourth-order valence-electron chi connectivity index (χ4n) is 0.623. The smallest absolute Gasteiger partial charge is 0.244 e. The van der Waals surface area contributed by atoms with Crippen LogP contribution in [0.2, 0.25) is 0 Å². The summed E-state index contributed by atoms with van der Waals surface area (Å²) < 4.78 is 0. The second-order valence-corrected chi connectivity index (χ2v) is 2.39. The maximum atomic E-state index is 10.4. The van der Waals surface area contributed by atoms with Crippen LogP contribution in [-0.4, -0.2) is 5.91 Å². The van der Waals surface area contributed by atoms with E-state index in [9.17, 15) is 4.79 Å². The SMILES string of the molecule is CCCC/C=C(\C)C(N)=O. The van der Waals surface area contributed by atoms with Gasteiger partial charge in [0.05, 0.1) is 0 Å². The Balaban J connectivity index is 3.58. The maximum absolute atomic E-state index is 10.4. The Morgan fingerprint density at radius 1 is 1.60 bits per heavy atom. The van der Waals surface area contributed by atoms with Crippen molar-refractivity contribution in [2.45, 2.75) is 33.1 Å². The zero-order valence-corrected chi connectivity index (χ0v) is 6.68. The van der Waals surface area contributed by atoms with Crippen molar-refractivity contribution < 1.29 is 4.79 Å². The number of rotatable bonds is 4. The van der Waals surface area contributed by atoms with Crippen LogP contribution < -0.4 is 5.73 Å². The number of carbonyl (C=O) groups is 1. The standard InChI is InChI=1S/C8H15NO/c1-3-4-5-6-7(2)8(9)10/h6H,3-5H2,1-2H3,(H2,9,10)/b7-6+. The van der Waals surface area contributed by atoms with Gasteiger partial charge in [-0.05, 0) is 13.3 Å². The summed E-state index contributed by atoms with van der Waals surface area (Å²) in [5.41, 5.74) is 5.69. The van der Waals surface area contributed by atoms with Crippen molar-refractivity contribution in [2.24, 2.45) is 5.73 Å². The molecule has 58 valence electrons. The van der Waals surface area contributed by atoms with Gasteiger partial charge >= 0.3 is 0 Å². The summed E-state index contributed by atoms with van der Waals surface area (Å²) >= 11 is 0. The molecule has 0 heterocycles. The van der Waals surface area contributed by atoms with Gasteiger partial charge in [-0.15, -0.1) is 0 Å². The largest absolute Gasteiger partial charge is 0.366 e. The van der Waals surface area contributed by atoms with E-state index in [1.165, 1.54) is 0 Å². The first-order chi connectivity index (χ1) is 4.68. The molecule has 0 aliphatic heterocycles. The zero-order chi connectivity index (χ0) is 7.98. The van der Waals surface area contributed by atoms with Crippen LogP contribution in [0.3, 0.4) is 0 Å². The van der Waals surface area contributed by atoms with Crippen molar-refractivity contribution in [1.29, 1.82) is 0 Å². The molecule has 1 amide bonds. The molecule has 0 spiro atoms. The van der Waals surface area contributed by atoms with Crippen LogP contribution in [-0.2, 0) is 4.79 Å². The van der Waals surface area contributed by atoms with Crippen molar-refractivity contribution in [2.75, 3.05) is 0 Å². The molecule has 0 saturated heterocycles. The Labute approximate surface area is 62.1 Å². The van der Waals surface area contributed by atoms with Gasteiger partial charge in [-0.25, -0.2) is 0 Å². The molecule has 0 saturated carbocycles. The summed E-state index contributed by atoms with van der Waals surface area (Å²) in [4.78, 5) is 10.4. The Bertz CT molecular complexity index is 138. The third-order valence-electron chi connectivity index (χ3n) is 1.40. The molecule has 0 unspecified atom stereocenters. The van der Waals surface area contributed by atoms with Crippen LogP contribution in [0.1, 0.15) is 33.1 Å². The molecule has 0 bridgehead atoms. The summed E-state index contributed by atoms with van der Waals surface area (Å²) in [6.07, 6.45) is 5.14. The average Bonchev–Trinajstić information content (AvgIpc) is 1.88. The van der Waals surface area contributed by atoms with Gasteiger partial charge in [0.2, 0.25) is 5.91 Å². The highest BCUT2D eigenvalue weighted by Gasteiger charge is 1.93. The molecular formula is C8H15NO. The highest BCUT2D eigenvalue weighted by Crippen LogP contribution is 1.99. The summed E-state index contributed by atoms with van der Waals surface area (Å²) in [5, 5.41) is 0. The fraction of sp³-hybridized carbons (Fsp3) is 0.625. The third kappa shape index (κ3) is 4.13. The van der Waals surface area contributed by atoms with E-state index in [1.54, 1.807) is 6.92 Å². The van der Waals surface area contributed by atoms with Crippen molar-refractivity contribution in [3.8, 4) is 0 Å². The van der Waals surface area contributed by atoms with E-state index in [2.05, 4.69) is 6.92 Å². The van der Waals surface area contributed by atoms with Crippen LogP contribution in [0.25, 0.3) is 0 Å². The quantitative estimate of drug-likeness (QED) is 0.469. The van der Waals surface area contributed by atoms with E-state index in [0.717, 1.165) is 19.3 Å². The van der Waals surface area contributed by atoms with Gasteiger partial charge in [0, 0.05) is 5.57 Å². The van der Waals surface area contributed by atoms with Gasteiger partial charge in [0.1, 0.15) is 0 Å². The Hall–Kier alpha value is -0.790. The molecule has 0 aliphatic rings. The van der Waals surface area contributed by atoms with Crippen molar-refractivity contribution in [1.82, 2.24) is 0 Å². The van der Waals surface area contributed by atoms with Crippen LogP contribution in [0.5, 0.6) is 0 Å². The number of amides is 1. The van der Waals surface area contributed by atoms with Gasteiger partial charge in [0.15, 0.2) is 0 Å². The zero-order valence-electron chi connectivity index (χ0n) is 6.68. The Morgan fingerprint density at radius 2 is 2.20 bits per heavy atom. The number of primary amides is 1. The molecule has 0 fully saturated rings. The molecule has 2 N–H and O–H groups in total. The van der Waals surface area contributed by atoms with Crippen LogP contribution in [0, 0.1) is 0 Å². The lowest BCUT2D eigenvalue weighted by Gasteiger charge is -1.92. The van der Waals surface area contributed by atoms with E-state index in [1.807, 2.05) is 6.08 Å². The number of hydrogen-bond acceptors (Lipinski definition) is 1. The monoisotopic (exact) mass is 141 g/mol. The van der Waals surface area contributed by atoms with E-state index in [4.69, 9.17) is 5.73 Å². The second kappa shape index (κ2) is 5.03. The molecule has 0 aromatic carbocycles. The number of allylic oxidation sites excluding steroid dienone is 1. The van der Waals surface area contributed by atoms with Crippen LogP contribution in [0.15, 0.2) is 11.6 Å². The van der Waals surface area contributed by atoms with Gasteiger partial charge in [-0.1, -0.05) is 25.8 Å². The maximum Gasteiger partial charge on any atom is 0.244 e. The Morgan fingerprint density at radius 3 is 2.60 bits per heavy atom. The lowest BCUT2D eigenvalue weighted by atomic mass is 10.2. The molecule has 2 nitrogen and oxygen atoms in total. The summed E-state index contributed by atoms with van der Waals surface area (Å²) in [6, 6.07) is 0. The highest BCUT2D eigenvalue weighted by atomic mass is 16.1. The molecule has 0 aliphatic carbocycles. The first kappa shape index (κ1) is 9.21. The van der Waals surface area contributed by atoms with E-state index >= 15 is 0 Å². The molecule has 0 aromatic heterocycles. The normalized spacial score (nSPS) is 11.6. The lowest BCUT2D eigenvalue weighted by molar-refractivity contribution is -0.114. The number of carbonyl (C=O) groups excluding carboxylic acids is 1. The Kier molecular flexibility index (Phi) is 4.63. The summed E-state index contributed by atoms with van der Waals surface area (Å²) in [7, 11) is 0. The van der Waals surface area contributed by atoms with Gasteiger partial charge < -0.3 is 5.73 Å². The van der Waals surface area contributed by atoms with Gasteiger partial charge in [-0.3, -0.25) is 4.79 Å². The topological polar surface area (TPSA) is 43.1 Å². The van der Waals surface area contributed by atoms with Crippen LogP contribution in [0.4, 0.5) is 0 Å². The first-order valence-corrected chi connectivity index (χ1v) is 3.65. The molecule has 2 heteroatoms.